The van der Waals surface area contributed by atoms with Crippen LogP contribution in [0.1, 0.15) is 22.7 Å². The molecule has 0 heterocycles. The zero-order valence-corrected chi connectivity index (χ0v) is 12.0. The number of hydrogen-bond donors (Lipinski definition) is 1. The van der Waals surface area contributed by atoms with Crippen molar-refractivity contribution in [3.8, 4) is 0 Å². The Hall–Kier alpha value is -1.19. The third-order valence-corrected chi connectivity index (χ3v) is 3.51. The van der Waals surface area contributed by atoms with Crippen LogP contribution in [0.3, 0.4) is 0 Å². The van der Waals surface area contributed by atoms with E-state index in [9.17, 15) is 4.39 Å². The van der Waals surface area contributed by atoms with Gasteiger partial charge in [-0.15, -0.1) is 0 Å². The molecule has 0 radical (unpaired) electrons. The molecule has 1 N–H and O–H groups in total. The lowest BCUT2D eigenvalue weighted by Crippen LogP contribution is -2.18. The maximum Gasteiger partial charge on any atom is 0.123 e. The number of aryl methyl sites for hydroxylation is 1. The Kier molecular flexibility index (Phi) is 4.15. The van der Waals surface area contributed by atoms with Crippen molar-refractivity contribution in [2.24, 2.45) is 0 Å². The van der Waals surface area contributed by atoms with E-state index in [0.29, 0.717) is 0 Å². The lowest BCUT2D eigenvalue weighted by molar-refractivity contribution is 0.621. The van der Waals surface area contributed by atoms with Gasteiger partial charge in [-0.1, -0.05) is 34.1 Å². The lowest BCUT2D eigenvalue weighted by atomic mass is 9.95. The Balaban J connectivity index is 2.45. The first-order chi connectivity index (χ1) is 8.61. The third kappa shape index (κ3) is 2.79. The highest BCUT2D eigenvalue weighted by Crippen LogP contribution is 2.26. The third-order valence-electron chi connectivity index (χ3n) is 3.01. The first kappa shape index (κ1) is 13.2. The molecule has 0 aliphatic rings. The molecule has 0 aliphatic heterocycles. The first-order valence-electron chi connectivity index (χ1n) is 5.80. The van der Waals surface area contributed by atoms with Gasteiger partial charge in [0.2, 0.25) is 0 Å². The lowest BCUT2D eigenvalue weighted by Gasteiger charge is -2.19. The van der Waals surface area contributed by atoms with Crippen molar-refractivity contribution >= 4 is 15.9 Å². The smallest absolute Gasteiger partial charge is 0.123 e. The van der Waals surface area contributed by atoms with Gasteiger partial charge in [-0.3, -0.25) is 0 Å². The van der Waals surface area contributed by atoms with E-state index in [0.717, 1.165) is 21.2 Å². The molecular formula is C15H15BrFN. The van der Waals surface area contributed by atoms with Crippen molar-refractivity contribution in [3.05, 3.63) is 69.4 Å². The molecule has 0 bridgehead atoms. The molecule has 18 heavy (non-hydrogen) atoms. The molecule has 94 valence electrons. The molecule has 0 amide bonds. The summed E-state index contributed by atoms with van der Waals surface area (Å²) in [7, 11) is 1.91. The molecule has 0 aliphatic carbocycles. The maximum absolute atomic E-state index is 13.2. The van der Waals surface area contributed by atoms with Crippen LogP contribution in [0.25, 0.3) is 0 Å². The van der Waals surface area contributed by atoms with Gasteiger partial charge >= 0.3 is 0 Å². The molecule has 0 saturated heterocycles. The second-order valence-electron chi connectivity index (χ2n) is 4.28. The van der Waals surface area contributed by atoms with Gasteiger partial charge in [-0.05, 0) is 54.9 Å². The standard InChI is InChI=1S/C15H15BrFN/c1-10-8-13(17)6-7-14(10)15(18-2)11-4-3-5-12(16)9-11/h3-9,15,18H,1-2H3. The Morgan fingerprint density at radius 2 is 1.94 bits per heavy atom. The first-order valence-corrected chi connectivity index (χ1v) is 6.60. The molecule has 3 heteroatoms. The fraction of sp³-hybridized carbons (Fsp3) is 0.200. The van der Waals surface area contributed by atoms with E-state index in [1.54, 1.807) is 6.07 Å². The average Bonchev–Trinajstić information content (AvgIpc) is 2.33. The quantitative estimate of drug-likeness (QED) is 0.896. The van der Waals surface area contributed by atoms with Gasteiger partial charge in [0.05, 0.1) is 6.04 Å². The molecule has 1 atom stereocenters. The number of halogens is 2. The second kappa shape index (κ2) is 5.63. The summed E-state index contributed by atoms with van der Waals surface area (Å²) in [5.74, 6) is -0.194. The van der Waals surface area contributed by atoms with Crippen molar-refractivity contribution in [2.45, 2.75) is 13.0 Å². The summed E-state index contributed by atoms with van der Waals surface area (Å²) in [5, 5.41) is 3.28. The van der Waals surface area contributed by atoms with Crippen LogP contribution in [0.4, 0.5) is 4.39 Å². The van der Waals surface area contributed by atoms with Crippen molar-refractivity contribution in [3.63, 3.8) is 0 Å². The van der Waals surface area contributed by atoms with Crippen LogP contribution >= 0.6 is 15.9 Å². The topological polar surface area (TPSA) is 12.0 Å². The fourth-order valence-corrected chi connectivity index (χ4v) is 2.57. The van der Waals surface area contributed by atoms with E-state index in [1.165, 1.54) is 6.07 Å². The summed E-state index contributed by atoms with van der Waals surface area (Å²) in [4.78, 5) is 0. The normalized spacial score (nSPS) is 12.4. The van der Waals surface area contributed by atoms with Crippen molar-refractivity contribution in [2.75, 3.05) is 7.05 Å². The Labute approximate surface area is 115 Å². The van der Waals surface area contributed by atoms with Gasteiger partial charge in [0.15, 0.2) is 0 Å². The highest BCUT2D eigenvalue weighted by atomic mass is 79.9. The molecule has 2 rings (SSSR count). The second-order valence-corrected chi connectivity index (χ2v) is 5.19. The minimum absolute atomic E-state index is 0.0723. The van der Waals surface area contributed by atoms with Gasteiger partial charge in [0, 0.05) is 4.47 Å². The van der Waals surface area contributed by atoms with Crippen molar-refractivity contribution in [1.82, 2.24) is 5.32 Å². The van der Waals surface area contributed by atoms with Crippen LogP contribution in [-0.2, 0) is 0 Å². The van der Waals surface area contributed by atoms with Crippen LogP contribution in [0.15, 0.2) is 46.9 Å². The van der Waals surface area contributed by atoms with E-state index >= 15 is 0 Å². The summed E-state index contributed by atoms with van der Waals surface area (Å²) in [6, 6.07) is 13.1. The molecule has 1 nitrogen and oxygen atoms in total. The average molecular weight is 308 g/mol. The van der Waals surface area contributed by atoms with Crippen LogP contribution in [-0.4, -0.2) is 7.05 Å². The van der Waals surface area contributed by atoms with E-state index in [1.807, 2.05) is 32.2 Å². The van der Waals surface area contributed by atoms with Crippen molar-refractivity contribution in [1.29, 1.82) is 0 Å². The highest BCUT2D eigenvalue weighted by Gasteiger charge is 2.14. The van der Waals surface area contributed by atoms with Gasteiger partial charge in [0.1, 0.15) is 5.82 Å². The minimum atomic E-state index is -0.194. The van der Waals surface area contributed by atoms with Crippen molar-refractivity contribution < 1.29 is 4.39 Å². The molecule has 0 saturated carbocycles. The van der Waals surface area contributed by atoms with Crippen LogP contribution in [0.2, 0.25) is 0 Å². The van der Waals surface area contributed by atoms with E-state index in [4.69, 9.17) is 0 Å². The molecule has 2 aromatic rings. The van der Waals surface area contributed by atoms with Crippen LogP contribution < -0.4 is 5.32 Å². The predicted molar refractivity (Wildman–Crippen MR) is 76.2 cm³/mol. The fourth-order valence-electron chi connectivity index (χ4n) is 2.15. The number of hydrogen-bond acceptors (Lipinski definition) is 1. The molecule has 0 spiro atoms. The molecule has 0 fully saturated rings. The van der Waals surface area contributed by atoms with Gasteiger partial charge in [0.25, 0.3) is 0 Å². The summed E-state index contributed by atoms with van der Waals surface area (Å²) in [6.07, 6.45) is 0. The summed E-state index contributed by atoms with van der Waals surface area (Å²) in [6.45, 7) is 1.93. The largest absolute Gasteiger partial charge is 0.309 e. The van der Waals surface area contributed by atoms with Crippen LogP contribution in [0.5, 0.6) is 0 Å². The summed E-state index contributed by atoms with van der Waals surface area (Å²) < 4.78 is 14.2. The maximum atomic E-state index is 13.2. The highest BCUT2D eigenvalue weighted by molar-refractivity contribution is 9.10. The number of nitrogens with one attached hydrogen (secondary N) is 1. The molecular weight excluding hydrogens is 293 g/mol. The van der Waals surface area contributed by atoms with Gasteiger partial charge in [-0.25, -0.2) is 4.39 Å². The SMILES string of the molecule is CNC(c1cccc(Br)c1)c1ccc(F)cc1C. The Bertz CT molecular complexity index is 554. The summed E-state index contributed by atoms with van der Waals surface area (Å²) >= 11 is 3.47. The summed E-state index contributed by atoms with van der Waals surface area (Å²) in [5.41, 5.74) is 3.20. The van der Waals surface area contributed by atoms with Gasteiger partial charge in [-0.2, -0.15) is 0 Å². The zero-order valence-electron chi connectivity index (χ0n) is 10.4. The molecule has 0 aromatic heterocycles. The van der Waals surface area contributed by atoms with Crippen LogP contribution in [0, 0.1) is 12.7 Å². The number of benzene rings is 2. The monoisotopic (exact) mass is 307 g/mol. The molecule has 1 unspecified atom stereocenters. The van der Waals surface area contributed by atoms with E-state index in [-0.39, 0.29) is 11.9 Å². The van der Waals surface area contributed by atoms with E-state index < -0.39 is 0 Å². The minimum Gasteiger partial charge on any atom is -0.309 e. The zero-order chi connectivity index (χ0) is 13.1. The Morgan fingerprint density at radius 3 is 2.56 bits per heavy atom. The molecule has 2 aromatic carbocycles. The Morgan fingerprint density at radius 1 is 1.17 bits per heavy atom. The predicted octanol–water partition coefficient (Wildman–Crippen LogP) is 4.21. The van der Waals surface area contributed by atoms with E-state index in [2.05, 4.69) is 33.4 Å². The number of rotatable bonds is 3. The van der Waals surface area contributed by atoms with Gasteiger partial charge < -0.3 is 5.32 Å².